The molecule has 0 spiro atoms. The van der Waals surface area contributed by atoms with E-state index in [4.69, 9.17) is 0 Å². The first kappa shape index (κ1) is 17.0. The minimum absolute atomic E-state index is 0.119. The van der Waals surface area contributed by atoms with Gasteiger partial charge in [0.2, 0.25) is 0 Å². The lowest BCUT2D eigenvalue weighted by atomic mass is 9.89. The second-order valence-corrected chi connectivity index (χ2v) is 6.55. The van der Waals surface area contributed by atoms with Crippen molar-refractivity contribution in [3.8, 4) is 0 Å². The van der Waals surface area contributed by atoms with Gasteiger partial charge >= 0.3 is 0 Å². The van der Waals surface area contributed by atoms with Gasteiger partial charge in [-0.15, -0.1) is 0 Å². The molecule has 0 aromatic heterocycles. The van der Waals surface area contributed by atoms with Crippen molar-refractivity contribution in [1.29, 1.82) is 0 Å². The van der Waals surface area contributed by atoms with Crippen molar-refractivity contribution in [2.45, 2.75) is 91.4 Å². The minimum atomic E-state index is 0.119. The van der Waals surface area contributed by atoms with E-state index in [1.54, 1.807) is 0 Å². The third-order valence-corrected chi connectivity index (χ3v) is 3.32. The average molecular weight is 241 g/mol. The monoisotopic (exact) mass is 241 g/mol. The first-order chi connectivity index (χ1) is 8.06. The zero-order chi connectivity index (χ0) is 13.0. The van der Waals surface area contributed by atoms with Crippen molar-refractivity contribution < 1.29 is 5.11 Å². The Bertz CT molecular complexity index is 146. The first-order valence-electron chi connectivity index (χ1n) is 7.64. The fourth-order valence-electron chi connectivity index (χ4n) is 2.17. The van der Waals surface area contributed by atoms with Gasteiger partial charge in [0.25, 0.3) is 0 Å². The SMILES string of the molecule is CC(C)(C)CCCCCCCCCCCC[O]. The van der Waals surface area contributed by atoms with Crippen LogP contribution in [0.15, 0.2) is 0 Å². The lowest BCUT2D eigenvalue weighted by molar-refractivity contribution is 0.186. The number of hydrogen-bond donors (Lipinski definition) is 0. The smallest absolute Gasteiger partial charge is 0.0822 e. The summed E-state index contributed by atoms with van der Waals surface area (Å²) in [5.41, 5.74) is 0.515. The zero-order valence-electron chi connectivity index (χ0n) is 12.4. The van der Waals surface area contributed by atoms with Gasteiger partial charge in [-0.1, -0.05) is 78.6 Å². The highest BCUT2D eigenvalue weighted by atomic mass is 16.2. The van der Waals surface area contributed by atoms with Crippen LogP contribution in [0, 0.1) is 5.41 Å². The maximum absolute atomic E-state index is 10.2. The maximum Gasteiger partial charge on any atom is 0.0822 e. The topological polar surface area (TPSA) is 19.9 Å². The van der Waals surface area contributed by atoms with Crippen molar-refractivity contribution in [2.24, 2.45) is 5.41 Å². The van der Waals surface area contributed by atoms with Crippen LogP contribution >= 0.6 is 0 Å². The van der Waals surface area contributed by atoms with Crippen molar-refractivity contribution in [3.63, 3.8) is 0 Å². The van der Waals surface area contributed by atoms with Crippen LogP contribution in [0.25, 0.3) is 0 Å². The highest BCUT2D eigenvalue weighted by Gasteiger charge is 2.08. The Labute approximate surface area is 109 Å². The van der Waals surface area contributed by atoms with Gasteiger partial charge in [0.05, 0.1) is 6.61 Å². The predicted molar refractivity (Wildman–Crippen MR) is 75.8 cm³/mol. The summed E-state index contributed by atoms with van der Waals surface area (Å²) in [6.07, 6.45) is 14.4. The van der Waals surface area contributed by atoms with Crippen molar-refractivity contribution in [3.05, 3.63) is 0 Å². The van der Waals surface area contributed by atoms with E-state index in [2.05, 4.69) is 20.8 Å². The van der Waals surface area contributed by atoms with Crippen LogP contribution in [0.4, 0.5) is 0 Å². The van der Waals surface area contributed by atoms with Gasteiger partial charge in [-0.3, -0.25) is 0 Å². The van der Waals surface area contributed by atoms with E-state index in [0.717, 1.165) is 12.8 Å². The Morgan fingerprint density at radius 2 is 0.941 bits per heavy atom. The fourth-order valence-corrected chi connectivity index (χ4v) is 2.17. The van der Waals surface area contributed by atoms with Crippen LogP contribution in [-0.2, 0) is 5.11 Å². The summed E-state index contributed by atoms with van der Waals surface area (Å²) in [4.78, 5) is 0. The summed E-state index contributed by atoms with van der Waals surface area (Å²) in [6, 6.07) is 0. The molecule has 0 aliphatic rings. The Morgan fingerprint density at radius 1 is 0.588 bits per heavy atom. The van der Waals surface area contributed by atoms with E-state index in [1.807, 2.05) is 0 Å². The summed E-state index contributed by atoms with van der Waals surface area (Å²) in [5.74, 6) is 0. The molecule has 1 radical (unpaired) electrons. The van der Waals surface area contributed by atoms with E-state index in [0.29, 0.717) is 5.41 Å². The summed E-state index contributed by atoms with van der Waals surface area (Å²) >= 11 is 0. The molecular formula is C16H33O. The third kappa shape index (κ3) is 16.0. The number of hydrogen-bond acceptors (Lipinski definition) is 0. The molecule has 0 saturated heterocycles. The predicted octanol–water partition coefficient (Wildman–Crippen LogP) is 5.75. The molecule has 1 nitrogen and oxygen atoms in total. The standard InChI is InChI=1S/C16H33O/c1-16(2,3)14-12-10-8-6-4-5-7-9-11-13-15-17/h4-15H2,1-3H3. The molecular weight excluding hydrogens is 208 g/mol. The van der Waals surface area contributed by atoms with Crippen LogP contribution in [0.1, 0.15) is 91.4 Å². The molecule has 0 aromatic carbocycles. The highest BCUT2D eigenvalue weighted by molar-refractivity contribution is 4.61. The summed E-state index contributed by atoms with van der Waals surface area (Å²) in [5, 5.41) is 10.2. The Morgan fingerprint density at radius 3 is 1.29 bits per heavy atom. The maximum atomic E-state index is 10.2. The Hall–Kier alpha value is -0.0400. The zero-order valence-corrected chi connectivity index (χ0v) is 12.4. The first-order valence-corrected chi connectivity index (χ1v) is 7.64. The van der Waals surface area contributed by atoms with Crippen LogP contribution in [-0.4, -0.2) is 6.61 Å². The van der Waals surface area contributed by atoms with Gasteiger partial charge in [0.15, 0.2) is 0 Å². The summed E-state index contributed by atoms with van der Waals surface area (Å²) in [7, 11) is 0. The average Bonchev–Trinajstić information content (AvgIpc) is 2.24. The van der Waals surface area contributed by atoms with Gasteiger partial charge in [-0.2, -0.15) is 0 Å². The molecule has 0 unspecified atom stereocenters. The molecule has 0 atom stereocenters. The molecule has 0 saturated carbocycles. The largest absolute Gasteiger partial charge is 0.237 e. The molecule has 103 valence electrons. The van der Waals surface area contributed by atoms with Crippen molar-refractivity contribution in [1.82, 2.24) is 0 Å². The lowest BCUT2D eigenvalue weighted by Crippen LogP contribution is -2.03. The lowest BCUT2D eigenvalue weighted by Gasteiger charge is -2.17. The molecule has 0 aromatic rings. The number of unbranched alkanes of at least 4 members (excludes halogenated alkanes) is 9. The second-order valence-electron chi connectivity index (χ2n) is 6.55. The van der Waals surface area contributed by atoms with E-state index in [1.165, 1.54) is 57.8 Å². The van der Waals surface area contributed by atoms with Crippen LogP contribution in [0.5, 0.6) is 0 Å². The third-order valence-electron chi connectivity index (χ3n) is 3.32. The fraction of sp³-hybridized carbons (Fsp3) is 1.00. The van der Waals surface area contributed by atoms with Crippen LogP contribution in [0.3, 0.4) is 0 Å². The normalized spacial score (nSPS) is 12.0. The van der Waals surface area contributed by atoms with E-state index >= 15 is 0 Å². The molecule has 0 aliphatic heterocycles. The molecule has 0 fully saturated rings. The van der Waals surface area contributed by atoms with Gasteiger partial charge in [0.1, 0.15) is 0 Å². The molecule has 0 amide bonds. The number of rotatable bonds is 11. The molecule has 1 heteroatoms. The Kier molecular flexibility index (Phi) is 11.0. The molecule has 0 rings (SSSR count). The molecule has 17 heavy (non-hydrogen) atoms. The van der Waals surface area contributed by atoms with Crippen LogP contribution in [0.2, 0.25) is 0 Å². The van der Waals surface area contributed by atoms with Crippen molar-refractivity contribution in [2.75, 3.05) is 6.61 Å². The van der Waals surface area contributed by atoms with Gasteiger partial charge in [-0.25, -0.2) is 5.11 Å². The van der Waals surface area contributed by atoms with Gasteiger partial charge in [-0.05, 0) is 18.3 Å². The highest BCUT2D eigenvalue weighted by Crippen LogP contribution is 2.22. The molecule has 0 bridgehead atoms. The Balaban J connectivity index is 2.99. The van der Waals surface area contributed by atoms with E-state index in [9.17, 15) is 5.11 Å². The minimum Gasteiger partial charge on any atom is -0.237 e. The second kappa shape index (κ2) is 11.1. The van der Waals surface area contributed by atoms with Gasteiger partial charge < -0.3 is 0 Å². The van der Waals surface area contributed by atoms with Crippen LogP contribution < -0.4 is 0 Å². The quantitative estimate of drug-likeness (QED) is 0.410. The van der Waals surface area contributed by atoms with E-state index < -0.39 is 0 Å². The van der Waals surface area contributed by atoms with Gasteiger partial charge in [0, 0.05) is 0 Å². The summed E-state index contributed by atoms with van der Waals surface area (Å²) in [6.45, 7) is 7.10. The summed E-state index contributed by atoms with van der Waals surface area (Å²) < 4.78 is 0. The molecule has 0 N–H and O–H groups in total. The molecule has 0 heterocycles. The molecule has 0 aliphatic carbocycles. The van der Waals surface area contributed by atoms with Crippen molar-refractivity contribution >= 4 is 0 Å². The van der Waals surface area contributed by atoms with E-state index in [-0.39, 0.29) is 6.61 Å².